The van der Waals surface area contributed by atoms with Crippen LogP contribution in [0.5, 0.6) is 0 Å². The van der Waals surface area contributed by atoms with Crippen LogP contribution in [0.1, 0.15) is 13.3 Å². The number of nitrogens with one attached hydrogen (secondary N) is 1. The molecule has 0 saturated carbocycles. The average molecular weight is 220 g/mol. The van der Waals surface area contributed by atoms with Crippen LogP contribution in [0.2, 0.25) is 0 Å². The number of aliphatic hydroxyl groups excluding tert-OH is 2. The van der Waals surface area contributed by atoms with Crippen molar-refractivity contribution in [2.24, 2.45) is 5.73 Å². The normalized spacial score (nSPS) is 6.75. The summed E-state index contributed by atoms with van der Waals surface area (Å²) in [6.07, 6.45) is 0.987. The van der Waals surface area contributed by atoms with E-state index in [2.05, 4.69) is 35.5 Å². The molecule has 0 aliphatic rings. The maximum absolute atomic E-state index is 8.30. The number of thiocarbonyl (C=S) groups is 2. The fraction of sp³-hybridized carbons (Fsp3) is 0.600. The molecule has 7 heteroatoms. The number of hydrogen-bond acceptors (Lipinski definition) is 2. The summed E-state index contributed by atoms with van der Waals surface area (Å²) in [5, 5.41) is 17.8. The summed E-state index contributed by atoms with van der Waals surface area (Å²) >= 11 is 8.18. The number of nitrogens with two attached hydrogens (primary N) is 1. The Morgan fingerprint density at radius 2 is 1.75 bits per heavy atom. The van der Waals surface area contributed by atoms with Gasteiger partial charge in [-0.1, -0.05) is 6.92 Å². The van der Waals surface area contributed by atoms with Gasteiger partial charge in [-0.05, 0) is 30.9 Å². The molecule has 0 aromatic carbocycles. The van der Waals surface area contributed by atoms with Gasteiger partial charge in [-0.3, -0.25) is 0 Å². The van der Waals surface area contributed by atoms with E-state index in [1.165, 1.54) is 0 Å². The molecule has 0 aliphatic heterocycles. The summed E-state index contributed by atoms with van der Waals surface area (Å²) in [4.78, 5) is 0. The van der Waals surface area contributed by atoms with Crippen molar-refractivity contribution in [1.29, 1.82) is 0 Å². The fourth-order valence-electron chi connectivity index (χ4n) is 0.232. The Morgan fingerprint density at radius 1 is 1.42 bits per heavy atom. The number of aliphatic hydroxyl groups is 2. The Hall–Kier alpha value is 0.380. The van der Waals surface area contributed by atoms with Crippen molar-refractivity contribution in [2.75, 3.05) is 6.54 Å². The Labute approximate surface area is 105 Å². The average Bonchev–Trinajstić information content (AvgIpc) is 1.82. The molecule has 0 fully saturated rings. The van der Waals surface area contributed by atoms with Gasteiger partial charge in [0.2, 0.25) is 0 Å². The molecule has 0 amide bonds. The first-order valence-corrected chi connectivity index (χ1v) is 3.77. The number of hydrogen-bond donors (Lipinski definition) is 4. The monoisotopic (exact) mass is 220 g/mol. The van der Waals surface area contributed by atoms with Crippen LogP contribution in [0.4, 0.5) is 0 Å². The van der Waals surface area contributed by atoms with Crippen LogP contribution < -0.4 is 11.1 Å². The van der Waals surface area contributed by atoms with Crippen molar-refractivity contribution in [2.45, 2.75) is 13.3 Å². The zero-order valence-corrected chi connectivity index (χ0v) is 7.84. The van der Waals surface area contributed by atoms with E-state index >= 15 is 0 Å². The van der Waals surface area contributed by atoms with Crippen molar-refractivity contribution >= 4 is 64.3 Å². The molecular formula is C5H13N2NaO2S2. The second-order valence-corrected chi connectivity index (χ2v) is 2.38. The van der Waals surface area contributed by atoms with Crippen LogP contribution in [0, 0.1) is 0 Å². The molecule has 0 heterocycles. The quantitative estimate of drug-likeness (QED) is 0.386. The SMILES string of the molecule is CCCNC(O)=S.NC(O)=S.[NaH]. The third kappa shape index (κ3) is 47.6. The van der Waals surface area contributed by atoms with Crippen molar-refractivity contribution in [1.82, 2.24) is 5.32 Å². The zero-order chi connectivity index (χ0) is 9.28. The molecule has 0 unspecified atom stereocenters. The molecule has 0 aliphatic carbocycles. The van der Waals surface area contributed by atoms with Crippen LogP contribution in [0.15, 0.2) is 0 Å². The first-order chi connectivity index (χ1) is 5.00. The van der Waals surface area contributed by atoms with Gasteiger partial charge in [0.05, 0.1) is 0 Å². The molecule has 0 aromatic heterocycles. The van der Waals surface area contributed by atoms with Gasteiger partial charge in [0, 0.05) is 6.54 Å². The summed E-state index contributed by atoms with van der Waals surface area (Å²) in [5.41, 5.74) is 4.40. The van der Waals surface area contributed by atoms with Crippen molar-refractivity contribution in [3.05, 3.63) is 0 Å². The molecule has 68 valence electrons. The van der Waals surface area contributed by atoms with E-state index < -0.39 is 5.17 Å². The number of rotatable bonds is 2. The molecule has 4 nitrogen and oxygen atoms in total. The standard InChI is InChI=1S/C4H9NOS.CH3NOS.Na.H/c1-2-3-5-4(6)7;2-1(3)4;;/h2-3H2,1H3,(H2,5,6,7);(H3,2,3,4);;. The van der Waals surface area contributed by atoms with Gasteiger partial charge in [-0.15, -0.1) is 0 Å². The Kier molecular flexibility index (Phi) is 21.2. The van der Waals surface area contributed by atoms with E-state index in [1.54, 1.807) is 0 Å². The molecule has 0 atom stereocenters. The van der Waals surface area contributed by atoms with Gasteiger partial charge in [-0.2, -0.15) is 0 Å². The molecule has 0 bridgehead atoms. The van der Waals surface area contributed by atoms with Crippen molar-refractivity contribution in [3.63, 3.8) is 0 Å². The van der Waals surface area contributed by atoms with E-state index in [-0.39, 0.29) is 34.7 Å². The van der Waals surface area contributed by atoms with Crippen molar-refractivity contribution < 1.29 is 10.2 Å². The molecular weight excluding hydrogens is 207 g/mol. The molecule has 5 N–H and O–H groups in total. The zero-order valence-electron chi connectivity index (χ0n) is 6.20. The Morgan fingerprint density at radius 3 is 1.83 bits per heavy atom. The molecule has 12 heavy (non-hydrogen) atoms. The summed E-state index contributed by atoms with van der Waals surface area (Å²) in [6.45, 7) is 2.76. The second kappa shape index (κ2) is 13.9. The topological polar surface area (TPSA) is 78.5 Å². The first kappa shape index (κ1) is 18.2. The molecule has 0 saturated heterocycles. The summed E-state index contributed by atoms with van der Waals surface area (Å²) in [6, 6.07) is 0. The predicted molar refractivity (Wildman–Crippen MR) is 60.1 cm³/mol. The van der Waals surface area contributed by atoms with Crippen LogP contribution in [0.3, 0.4) is 0 Å². The van der Waals surface area contributed by atoms with Crippen LogP contribution in [0.25, 0.3) is 0 Å². The van der Waals surface area contributed by atoms with Crippen LogP contribution in [-0.4, -0.2) is 56.7 Å². The first-order valence-electron chi connectivity index (χ1n) is 2.95. The van der Waals surface area contributed by atoms with Gasteiger partial charge in [0.15, 0.2) is 0 Å². The van der Waals surface area contributed by atoms with E-state index in [9.17, 15) is 0 Å². The third-order valence-electron chi connectivity index (χ3n) is 0.526. The van der Waals surface area contributed by atoms with Crippen molar-refractivity contribution in [3.8, 4) is 0 Å². The van der Waals surface area contributed by atoms with E-state index in [0.29, 0.717) is 0 Å². The molecule has 0 radical (unpaired) electrons. The fourth-order valence-corrected chi connectivity index (χ4v) is 0.334. The van der Waals surface area contributed by atoms with Crippen LogP contribution in [-0.2, 0) is 0 Å². The molecule has 0 spiro atoms. The summed E-state index contributed by atoms with van der Waals surface area (Å²) in [5.74, 6) is 0. The maximum atomic E-state index is 8.30. The minimum atomic E-state index is -0.500. The van der Waals surface area contributed by atoms with E-state index in [0.717, 1.165) is 13.0 Å². The minimum absolute atomic E-state index is 0. The summed E-state index contributed by atoms with van der Waals surface area (Å²) < 4.78 is 0. The third-order valence-corrected chi connectivity index (χ3v) is 0.671. The van der Waals surface area contributed by atoms with Crippen LogP contribution >= 0.6 is 24.4 Å². The van der Waals surface area contributed by atoms with Gasteiger partial charge in [-0.25, -0.2) is 0 Å². The van der Waals surface area contributed by atoms with Gasteiger partial charge < -0.3 is 21.3 Å². The Bertz CT molecular complexity index is 131. The van der Waals surface area contributed by atoms with E-state index in [4.69, 9.17) is 10.2 Å². The molecule has 0 rings (SSSR count). The summed E-state index contributed by atoms with van der Waals surface area (Å²) in [7, 11) is 0. The van der Waals surface area contributed by atoms with Gasteiger partial charge in [0.1, 0.15) is 0 Å². The predicted octanol–water partition coefficient (Wildman–Crippen LogP) is -0.0316. The van der Waals surface area contributed by atoms with Gasteiger partial charge >= 0.3 is 29.6 Å². The van der Waals surface area contributed by atoms with E-state index in [1.807, 2.05) is 6.92 Å². The molecule has 0 aromatic rings. The Balaban J connectivity index is -0.000000142. The second-order valence-electron chi connectivity index (χ2n) is 1.57. The van der Waals surface area contributed by atoms with Gasteiger partial charge in [0.25, 0.3) is 10.3 Å².